The van der Waals surface area contributed by atoms with Crippen molar-refractivity contribution in [2.75, 3.05) is 30.7 Å². The first-order valence-electron chi connectivity index (χ1n) is 6.53. The number of methoxy groups -OCH3 is 1. The van der Waals surface area contributed by atoms with E-state index in [0.29, 0.717) is 22.3 Å². The van der Waals surface area contributed by atoms with E-state index < -0.39 is 10.0 Å². The maximum absolute atomic E-state index is 12.0. The van der Waals surface area contributed by atoms with E-state index in [4.69, 9.17) is 4.74 Å². The lowest BCUT2D eigenvalue weighted by atomic mass is 10.3. The normalized spacial score (nSPS) is 11.3. The lowest BCUT2D eigenvalue weighted by Gasteiger charge is -2.11. The summed E-state index contributed by atoms with van der Waals surface area (Å²) in [5.74, 6) is 0.722. The zero-order valence-corrected chi connectivity index (χ0v) is 14.2. The molecule has 0 atom stereocenters. The van der Waals surface area contributed by atoms with E-state index in [0.717, 1.165) is 19.5 Å². The van der Waals surface area contributed by atoms with Crippen LogP contribution in [0.3, 0.4) is 0 Å². The van der Waals surface area contributed by atoms with Crippen molar-refractivity contribution < 1.29 is 13.2 Å². The van der Waals surface area contributed by atoms with Gasteiger partial charge in [-0.15, -0.1) is 0 Å². The summed E-state index contributed by atoms with van der Waals surface area (Å²) in [6.07, 6.45) is 1.47. The number of hydrogen-bond donors (Lipinski definition) is 2. The second-order valence-corrected chi connectivity index (χ2v) is 7.02. The molecule has 2 N–H and O–H groups in total. The van der Waals surface area contributed by atoms with Crippen molar-refractivity contribution in [3.63, 3.8) is 0 Å². The number of anilines is 1. The number of unbranched alkanes of at least 4 members (excludes halogenated alkanes) is 1. The van der Waals surface area contributed by atoms with Crippen LogP contribution in [0.2, 0.25) is 0 Å². The molecule has 0 heterocycles. The summed E-state index contributed by atoms with van der Waals surface area (Å²) in [4.78, 5) is 0. The van der Waals surface area contributed by atoms with Crippen LogP contribution in [-0.2, 0) is 10.0 Å². The molecule has 20 heavy (non-hydrogen) atoms. The molecule has 1 aromatic carbocycles. The van der Waals surface area contributed by atoms with Crippen molar-refractivity contribution in [1.29, 1.82) is 0 Å². The summed E-state index contributed by atoms with van der Waals surface area (Å²) >= 11 is 3.32. The van der Waals surface area contributed by atoms with Crippen molar-refractivity contribution >= 4 is 31.6 Å². The standard InChI is InChI=1S/C13H21BrN2O3S/c1-3-15-8-4-5-9-20(17,18)16-13-10-11(19-2)6-7-12(13)14/h6-7,10,15-16H,3-5,8-9H2,1-2H3. The van der Waals surface area contributed by atoms with Gasteiger partial charge >= 0.3 is 0 Å². The number of nitrogens with one attached hydrogen (secondary N) is 2. The van der Waals surface area contributed by atoms with Crippen molar-refractivity contribution in [1.82, 2.24) is 5.32 Å². The van der Waals surface area contributed by atoms with Gasteiger partial charge in [0.1, 0.15) is 5.75 Å². The molecule has 114 valence electrons. The van der Waals surface area contributed by atoms with Crippen molar-refractivity contribution in [3.8, 4) is 5.75 Å². The number of hydrogen-bond acceptors (Lipinski definition) is 4. The molecule has 7 heteroatoms. The zero-order valence-electron chi connectivity index (χ0n) is 11.8. The van der Waals surface area contributed by atoms with Crippen molar-refractivity contribution in [2.24, 2.45) is 0 Å². The van der Waals surface area contributed by atoms with Gasteiger partial charge in [-0.1, -0.05) is 6.92 Å². The molecular weight excluding hydrogens is 344 g/mol. The molecule has 0 aromatic heterocycles. The molecule has 0 unspecified atom stereocenters. The number of rotatable bonds is 9. The summed E-state index contributed by atoms with van der Waals surface area (Å²) in [5.41, 5.74) is 0.496. The fourth-order valence-electron chi connectivity index (χ4n) is 1.65. The highest BCUT2D eigenvalue weighted by Crippen LogP contribution is 2.28. The second kappa shape index (κ2) is 8.49. The van der Waals surface area contributed by atoms with E-state index in [1.165, 1.54) is 0 Å². The summed E-state index contributed by atoms with van der Waals surface area (Å²) in [7, 11) is -1.79. The molecule has 5 nitrogen and oxygen atoms in total. The van der Waals surface area contributed by atoms with E-state index in [1.54, 1.807) is 25.3 Å². The SMILES string of the molecule is CCNCCCCS(=O)(=O)Nc1cc(OC)ccc1Br. The zero-order chi connectivity index (χ0) is 15.0. The predicted octanol–water partition coefficient (Wildman–Crippen LogP) is 2.59. The Kier molecular flexibility index (Phi) is 7.32. The van der Waals surface area contributed by atoms with Crippen molar-refractivity contribution in [2.45, 2.75) is 19.8 Å². The van der Waals surface area contributed by atoms with Gasteiger partial charge in [0, 0.05) is 10.5 Å². The predicted molar refractivity (Wildman–Crippen MR) is 85.9 cm³/mol. The summed E-state index contributed by atoms with van der Waals surface area (Å²) < 4.78 is 32.3. The maximum atomic E-state index is 12.0. The topological polar surface area (TPSA) is 67.4 Å². The first-order chi connectivity index (χ1) is 9.48. The Morgan fingerprint density at radius 3 is 2.70 bits per heavy atom. The third-order valence-corrected chi connectivity index (χ3v) is 4.75. The Morgan fingerprint density at radius 2 is 2.05 bits per heavy atom. The quantitative estimate of drug-likeness (QED) is 0.660. The first-order valence-corrected chi connectivity index (χ1v) is 8.97. The average molecular weight is 365 g/mol. The molecule has 1 aromatic rings. The molecule has 0 aliphatic rings. The maximum Gasteiger partial charge on any atom is 0.232 e. The van der Waals surface area contributed by atoms with Crippen LogP contribution in [0.15, 0.2) is 22.7 Å². The van der Waals surface area contributed by atoms with Crippen LogP contribution in [0.1, 0.15) is 19.8 Å². The molecule has 0 spiro atoms. The monoisotopic (exact) mass is 364 g/mol. The number of sulfonamides is 1. The minimum absolute atomic E-state index is 0.113. The van der Waals surface area contributed by atoms with Crippen molar-refractivity contribution in [3.05, 3.63) is 22.7 Å². The third-order valence-electron chi connectivity index (χ3n) is 2.71. The molecule has 0 saturated heterocycles. The lowest BCUT2D eigenvalue weighted by Crippen LogP contribution is -2.19. The van der Waals surface area contributed by atoms with Crippen LogP contribution in [-0.4, -0.2) is 34.4 Å². The first kappa shape index (κ1) is 17.3. The fourth-order valence-corrected chi connectivity index (χ4v) is 3.31. The van der Waals surface area contributed by atoms with Crippen LogP contribution in [0.25, 0.3) is 0 Å². The average Bonchev–Trinajstić information content (AvgIpc) is 2.41. The highest BCUT2D eigenvalue weighted by atomic mass is 79.9. The molecule has 0 aliphatic carbocycles. The van der Waals surface area contributed by atoms with Crippen LogP contribution in [0.5, 0.6) is 5.75 Å². The summed E-state index contributed by atoms with van der Waals surface area (Å²) in [6, 6.07) is 5.17. The summed E-state index contributed by atoms with van der Waals surface area (Å²) in [5, 5.41) is 3.17. The Balaban J connectivity index is 2.57. The van der Waals surface area contributed by atoms with Crippen LogP contribution in [0, 0.1) is 0 Å². The van der Waals surface area contributed by atoms with Crippen LogP contribution >= 0.6 is 15.9 Å². The van der Waals surface area contributed by atoms with Gasteiger partial charge < -0.3 is 10.1 Å². The number of benzene rings is 1. The lowest BCUT2D eigenvalue weighted by molar-refractivity contribution is 0.415. The fraction of sp³-hybridized carbons (Fsp3) is 0.538. The number of ether oxygens (including phenoxy) is 1. The van der Waals surface area contributed by atoms with E-state index in [-0.39, 0.29) is 5.75 Å². The molecule has 0 amide bonds. The van der Waals surface area contributed by atoms with E-state index in [2.05, 4.69) is 26.0 Å². The van der Waals surface area contributed by atoms with Gasteiger partial charge in [-0.2, -0.15) is 0 Å². The minimum atomic E-state index is -3.33. The second-order valence-electron chi connectivity index (χ2n) is 4.33. The van der Waals surface area contributed by atoms with Crippen LogP contribution in [0.4, 0.5) is 5.69 Å². The Bertz CT molecular complexity index is 520. The smallest absolute Gasteiger partial charge is 0.232 e. The van der Waals surface area contributed by atoms with Gasteiger partial charge in [-0.05, 0) is 54.0 Å². The van der Waals surface area contributed by atoms with Crippen LogP contribution < -0.4 is 14.8 Å². The highest BCUT2D eigenvalue weighted by Gasteiger charge is 2.12. The molecule has 0 radical (unpaired) electrons. The van der Waals surface area contributed by atoms with Gasteiger partial charge in [0.05, 0.1) is 18.6 Å². The minimum Gasteiger partial charge on any atom is -0.497 e. The van der Waals surface area contributed by atoms with Gasteiger partial charge in [0.25, 0.3) is 0 Å². The third kappa shape index (κ3) is 6.11. The Morgan fingerprint density at radius 1 is 1.30 bits per heavy atom. The molecule has 1 rings (SSSR count). The Labute approximate surface area is 129 Å². The van der Waals surface area contributed by atoms with Gasteiger partial charge in [-0.3, -0.25) is 4.72 Å². The largest absolute Gasteiger partial charge is 0.497 e. The highest BCUT2D eigenvalue weighted by molar-refractivity contribution is 9.10. The molecular formula is C13H21BrN2O3S. The van der Waals surface area contributed by atoms with Gasteiger partial charge in [0.2, 0.25) is 10.0 Å². The summed E-state index contributed by atoms with van der Waals surface area (Å²) in [6.45, 7) is 3.77. The van der Waals surface area contributed by atoms with Gasteiger partial charge in [0.15, 0.2) is 0 Å². The number of halogens is 1. The van der Waals surface area contributed by atoms with Gasteiger partial charge in [-0.25, -0.2) is 8.42 Å². The molecule has 0 aliphatic heterocycles. The van der Waals surface area contributed by atoms with E-state index >= 15 is 0 Å². The Hall–Kier alpha value is -0.790. The molecule has 0 saturated carbocycles. The van der Waals surface area contributed by atoms with E-state index in [9.17, 15) is 8.42 Å². The van der Waals surface area contributed by atoms with E-state index in [1.807, 2.05) is 6.92 Å². The molecule has 0 bridgehead atoms. The molecule has 0 fully saturated rings.